The van der Waals surface area contributed by atoms with Crippen LogP contribution in [0, 0.1) is 0 Å². The maximum Gasteiger partial charge on any atom is 0.242 e. The summed E-state index contributed by atoms with van der Waals surface area (Å²) in [5.74, 6) is 0.921. The van der Waals surface area contributed by atoms with Gasteiger partial charge in [-0.05, 0) is 50.6 Å². The SMILES string of the molecule is CCN(Cc1ccccc1)C(=O)CNc1ccc(OC(C)C)cc1. The lowest BCUT2D eigenvalue weighted by molar-refractivity contribution is -0.129. The summed E-state index contributed by atoms with van der Waals surface area (Å²) in [6.45, 7) is 7.60. The molecule has 4 nitrogen and oxygen atoms in total. The predicted octanol–water partition coefficient (Wildman–Crippen LogP) is 3.93. The summed E-state index contributed by atoms with van der Waals surface area (Å²) in [7, 11) is 0. The molecule has 2 aromatic carbocycles. The molecule has 0 spiro atoms. The van der Waals surface area contributed by atoms with Crippen molar-refractivity contribution in [3.8, 4) is 5.75 Å². The average Bonchev–Trinajstić information content (AvgIpc) is 2.59. The molecule has 1 N–H and O–H groups in total. The molecule has 0 aliphatic carbocycles. The largest absolute Gasteiger partial charge is 0.491 e. The molecule has 0 aliphatic rings. The molecule has 0 heterocycles. The van der Waals surface area contributed by atoms with Crippen molar-refractivity contribution in [1.29, 1.82) is 0 Å². The molecule has 0 saturated carbocycles. The summed E-state index contributed by atoms with van der Waals surface area (Å²) in [4.78, 5) is 14.2. The molecule has 0 radical (unpaired) electrons. The van der Waals surface area contributed by atoms with Crippen LogP contribution in [0.25, 0.3) is 0 Å². The van der Waals surface area contributed by atoms with E-state index in [2.05, 4.69) is 5.32 Å². The van der Waals surface area contributed by atoms with Crippen LogP contribution in [0.1, 0.15) is 26.3 Å². The van der Waals surface area contributed by atoms with Crippen molar-refractivity contribution in [3.63, 3.8) is 0 Å². The molecule has 0 bridgehead atoms. The van der Waals surface area contributed by atoms with Gasteiger partial charge in [0, 0.05) is 18.8 Å². The van der Waals surface area contributed by atoms with Gasteiger partial charge in [0.25, 0.3) is 0 Å². The van der Waals surface area contributed by atoms with Gasteiger partial charge in [-0.25, -0.2) is 0 Å². The minimum absolute atomic E-state index is 0.0869. The molecule has 0 atom stereocenters. The van der Waals surface area contributed by atoms with Crippen molar-refractivity contribution in [3.05, 3.63) is 60.2 Å². The third-order valence-electron chi connectivity index (χ3n) is 3.62. The zero-order valence-electron chi connectivity index (χ0n) is 14.7. The number of anilines is 1. The van der Waals surface area contributed by atoms with E-state index in [1.165, 1.54) is 0 Å². The topological polar surface area (TPSA) is 41.6 Å². The van der Waals surface area contributed by atoms with Crippen LogP contribution >= 0.6 is 0 Å². The Morgan fingerprint density at radius 2 is 1.75 bits per heavy atom. The van der Waals surface area contributed by atoms with E-state index in [0.29, 0.717) is 13.1 Å². The molecule has 0 unspecified atom stereocenters. The minimum Gasteiger partial charge on any atom is -0.491 e. The van der Waals surface area contributed by atoms with Crippen molar-refractivity contribution in [2.75, 3.05) is 18.4 Å². The Bertz CT molecular complexity index is 624. The third-order valence-corrected chi connectivity index (χ3v) is 3.62. The maximum atomic E-state index is 12.4. The Morgan fingerprint density at radius 3 is 2.33 bits per heavy atom. The van der Waals surface area contributed by atoms with E-state index >= 15 is 0 Å². The molecule has 2 aromatic rings. The Morgan fingerprint density at radius 1 is 1.08 bits per heavy atom. The van der Waals surface area contributed by atoms with Gasteiger partial charge in [-0.2, -0.15) is 0 Å². The van der Waals surface area contributed by atoms with E-state index in [1.807, 2.05) is 80.3 Å². The van der Waals surface area contributed by atoms with Gasteiger partial charge in [-0.15, -0.1) is 0 Å². The van der Waals surface area contributed by atoms with Crippen LogP contribution in [0.3, 0.4) is 0 Å². The number of carbonyl (C=O) groups excluding carboxylic acids is 1. The number of hydrogen-bond donors (Lipinski definition) is 1. The van der Waals surface area contributed by atoms with E-state index in [4.69, 9.17) is 4.74 Å². The van der Waals surface area contributed by atoms with Crippen molar-refractivity contribution >= 4 is 11.6 Å². The summed E-state index contributed by atoms with van der Waals surface area (Å²) < 4.78 is 5.61. The van der Waals surface area contributed by atoms with Gasteiger partial charge in [-0.1, -0.05) is 30.3 Å². The molecule has 4 heteroatoms. The zero-order chi connectivity index (χ0) is 17.4. The highest BCUT2D eigenvalue weighted by molar-refractivity contribution is 5.80. The number of rotatable bonds is 8. The van der Waals surface area contributed by atoms with Crippen LogP contribution in [0.5, 0.6) is 5.75 Å². The second-order valence-corrected chi connectivity index (χ2v) is 5.94. The van der Waals surface area contributed by atoms with E-state index in [-0.39, 0.29) is 18.6 Å². The van der Waals surface area contributed by atoms with Gasteiger partial charge in [0.2, 0.25) is 5.91 Å². The molecule has 0 saturated heterocycles. The Hall–Kier alpha value is -2.49. The first-order chi connectivity index (χ1) is 11.6. The van der Waals surface area contributed by atoms with E-state index in [0.717, 1.165) is 17.0 Å². The number of benzene rings is 2. The molecule has 0 aromatic heterocycles. The second-order valence-electron chi connectivity index (χ2n) is 5.94. The first kappa shape index (κ1) is 17.9. The molecule has 1 amide bonds. The van der Waals surface area contributed by atoms with Crippen molar-refractivity contribution in [2.24, 2.45) is 0 Å². The van der Waals surface area contributed by atoms with Crippen molar-refractivity contribution < 1.29 is 9.53 Å². The summed E-state index contributed by atoms with van der Waals surface area (Å²) in [5.41, 5.74) is 2.05. The highest BCUT2D eigenvalue weighted by Crippen LogP contribution is 2.16. The molecular weight excluding hydrogens is 300 g/mol. The normalized spacial score (nSPS) is 10.5. The van der Waals surface area contributed by atoms with Gasteiger partial charge in [-0.3, -0.25) is 4.79 Å². The summed E-state index contributed by atoms with van der Waals surface area (Å²) in [6, 6.07) is 17.7. The van der Waals surface area contributed by atoms with Crippen LogP contribution in [0.4, 0.5) is 5.69 Å². The fraction of sp³-hybridized carbons (Fsp3) is 0.350. The fourth-order valence-corrected chi connectivity index (χ4v) is 2.39. The lowest BCUT2D eigenvalue weighted by atomic mass is 10.2. The Labute approximate surface area is 144 Å². The smallest absolute Gasteiger partial charge is 0.242 e. The summed E-state index contributed by atoms with van der Waals surface area (Å²) in [5, 5.41) is 3.18. The Kier molecular flexibility index (Phi) is 6.67. The number of ether oxygens (including phenoxy) is 1. The third kappa shape index (κ3) is 5.61. The van der Waals surface area contributed by atoms with Gasteiger partial charge in [0.05, 0.1) is 12.6 Å². The molecule has 24 heavy (non-hydrogen) atoms. The minimum atomic E-state index is 0.0869. The lowest BCUT2D eigenvalue weighted by Crippen LogP contribution is -2.34. The molecule has 2 rings (SSSR count). The molecule has 0 fully saturated rings. The quantitative estimate of drug-likeness (QED) is 0.799. The highest BCUT2D eigenvalue weighted by atomic mass is 16.5. The zero-order valence-corrected chi connectivity index (χ0v) is 14.7. The first-order valence-electron chi connectivity index (χ1n) is 8.40. The van der Waals surface area contributed by atoms with Crippen LogP contribution in [0.15, 0.2) is 54.6 Å². The number of hydrogen-bond acceptors (Lipinski definition) is 3. The second kappa shape index (κ2) is 8.96. The molecule has 0 aliphatic heterocycles. The lowest BCUT2D eigenvalue weighted by Gasteiger charge is -2.21. The van der Waals surface area contributed by atoms with Gasteiger partial charge >= 0.3 is 0 Å². The molecule has 128 valence electrons. The predicted molar refractivity (Wildman–Crippen MR) is 98.2 cm³/mol. The standard InChI is InChI=1S/C20H26N2O2/c1-4-22(15-17-8-6-5-7-9-17)20(23)14-21-18-10-12-19(13-11-18)24-16(2)3/h5-13,16,21H,4,14-15H2,1-3H3. The van der Waals surface area contributed by atoms with E-state index in [1.54, 1.807) is 0 Å². The van der Waals surface area contributed by atoms with E-state index < -0.39 is 0 Å². The maximum absolute atomic E-state index is 12.4. The van der Waals surface area contributed by atoms with Gasteiger partial charge in [0.15, 0.2) is 0 Å². The summed E-state index contributed by atoms with van der Waals surface area (Å²) >= 11 is 0. The Balaban J connectivity index is 1.86. The number of nitrogens with one attached hydrogen (secondary N) is 1. The number of likely N-dealkylation sites (N-methyl/N-ethyl adjacent to an activating group) is 1. The van der Waals surface area contributed by atoms with Crippen LogP contribution in [0.2, 0.25) is 0 Å². The average molecular weight is 326 g/mol. The first-order valence-corrected chi connectivity index (χ1v) is 8.40. The summed E-state index contributed by atoms with van der Waals surface area (Å²) in [6.07, 6.45) is 0.154. The van der Waals surface area contributed by atoms with Crippen LogP contribution in [-0.4, -0.2) is 30.0 Å². The number of amides is 1. The fourth-order valence-electron chi connectivity index (χ4n) is 2.39. The molecular formula is C20H26N2O2. The van der Waals surface area contributed by atoms with Crippen molar-refractivity contribution in [2.45, 2.75) is 33.4 Å². The van der Waals surface area contributed by atoms with Gasteiger partial charge < -0.3 is 15.0 Å². The van der Waals surface area contributed by atoms with Gasteiger partial charge in [0.1, 0.15) is 5.75 Å². The van der Waals surface area contributed by atoms with Crippen molar-refractivity contribution in [1.82, 2.24) is 4.90 Å². The number of carbonyl (C=O) groups is 1. The van der Waals surface area contributed by atoms with Crippen LogP contribution < -0.4 is 10.1 Å². The van der Waals surface area contributed by atoms with Crippen LogP contribution in [-0.2, 0) is 11.3 Å². The monoisotopic (exact) mass is 326 g/mol. The highest BCUT2D eigenvalue weighted by Gasteiger charge is 2.11. The number of nitrogens with zero attached hydrogens (tertiary/aromatic N) is 1. The van der Waals surface area contributed by atoms with E-state index in [9.17, 15) is 4.79 Å².